The molecule has 2 aliphatic rings. The van der Waals surface area contributed by atoms with Crippen LogP contribution < -0.4 is 10.5 Å². The predicted molar refractivity (Wildman–Crippen MR) is 111 cm³/mol. The maximum atomic E-state index is 12.8. The number of ketones is 1. The van der Waals surface area contributed by atoms with Crippen molar-refractivity contribution in [1.29, 1.82) is 0 Å². The number of carbonyl (C=O) groups excluding carboxylic acids is 2. The summed E-state index contributed by atoms with van der Waals surface area (Å²) in [5.74, 6) is 0.0774. The molecule has 0 bridgehead atoms. The number of hydrogen-bond donors (Lipinski definition) is 3. The monoisotopic (exact) mass is 434 g/mol. The SMILES string of the molecule is CC(C)(O)c1ncc([S@@](N)(=O)=NC(=O)Nc2c3c(cc4c2CCC4=O)CCC3)s1. The predicted octanol–water partition coefficient (Wildman–Crippen LogP) is 2.92. The van der Waals surface area contributed by atoms with E-state index < -0.39 is 21.5 Å². The van der Waals surface area contributed by atoms with Crippen LogP contribution in [0.2, 0.25) is 0 Å². The van der Waals surface area contributed by atoms with Crippen LogP contribution in [0.3, 0.4) is 0 Å². The van der Waals surface area contributed by atoms with Crippen molar-refractivity contribution in [3.63, 3.8) is 0 Å². The number of nitrogens with zero attached hydrogens (tertiary/aromatic N) is 2. The summed E-state index contributed by atoms with van der Waals surface area (Å²) < 4.78 is 16.6. The Balaban J connectivity index is 1.67. The molecule has 1 aromatic carbocycles. The number of aromatic nitrogens is 1. The number of nitrogens with one attached hydrogen (secondary N) is 1. The fourth-order valence-corrected chi connectivity index (χ4v) is 5.86. The Labute approximate surface area is 172 Å². The number of benzene rings is 1. The van der Waals surface area contributed by atoms with Gasteiger partial charge in [-0.05, 0) is 62.3 Å². The van der Waals surface area contributed by atoms with Gasteiger partial charge >= 0.3 is 6.03 Å². The Hall–Kier alpha value is -2.14. The van der Waals surface area contributed by atoms with Crippen LogP contribution in [-0.4, -0.2) is 26.1 Å². The molecule has 8 nitrogen and oxygen atoms in total. The highest BCUT2D eigenvalue weighted by Gasteiger charge is 2.29. The standard InChI is InChI=1S/C19H22N4O4S2/c1-19(2,26)17-21-9-15(28-17)29(20,27)23-18(25)22-16-11-5-3-4-10(11)8-13-12(16)6-7-14(13)24/h8-9,26H,3-7H2,1-2H3,(H3,20,22,23,25,27)/t29-/m0/s1. The second-order valence-electron chi connectivity index (χ2n) is 7.83. The fourth-order valence-electron chi connectivity index (χ4n) is 3.80. The van der Waals surface area contributed by atoms with Crippen molar-refractivity contribution >= 4 is 38.8 Å². The van der Waals surface area contributed by atoms with Crippen molar-refractivity contribution in [3.8, 4) is 0 Å². The molecule has 2 amide bonds. The van der Waals surface area contributed by atoms with Crippen LogP contribution in [0.5, 0.6) is 0 Å². The van der Waals surface area contributed by atoms with E-state index in [-0.39, 0.29) is 9.99 Å². The van der Waals surface area contributed by atoms with Crippen LogP contribution >= 0.6 is 11.3 Å². The molecule has 1 aromatic heterocycles. The third-order valence-corrected chi connectivity index (χ3v) is 8.35. The second-order valence-corrected chi connectivity index (χ2v) is 10.9. The molecular weight excluding hydrogens is 412 g/mol. The number of rotatable bonds is 3. The normalized spacial score (nSPS) is 17.6. The molecule has 0 aliphatic heterocycles. The van der Waals surface area contributed by atoms with Crippen LogP contribution in [0.15, 0.2) is 20.8 Å². The van der Waals surface area contributed by atoms with Crippen molar-refractivity contribution in [2.75, 3.05) is 5.32 Å². The zero-order valence-electron chi connectivity index (χ0n) is 16.2. The van der Waals surface area contributed by atoms with E-state index in [1.54, 1.807) is 13.8 Å². The zero-order valence-corrected chi connectivity index (χ0v) is 17.8. The highest BCUT2D eigenvalue weighted by atomic mass is 32.2. The number of thiazole rings is 1. The van der Waals surface area contributed by atoms with E-state index in [0.717, 1.165) is 47.3 Å². The molecule has 0 fully saturated rings. The Kier molecular flexibility index (Phi) is 4.85. The van der Waals surface area contributed by atoms with E-state index in [1.165, 1.54) is 6.20 Å². The average Bonchev–Trinajstić information content (AvgIpc) is 3.33. The molecule has 0 saturated carbocycles. The zero-order chi connectivity index (χ0) is 21.0. The van der Waals surface area contributed by atoms with E-state index in [2.05, 4.69) is 14.7 Å². The van der Waals surface area contributed by atoms with Crippen LogP contribution in [0.25, 0.3) is 0 Å². The van der Waals surface area contributed by atoms with Crippen molar-refractivity contribution in [3.05, 3.63) is 39.5 Å². The van der Waals surface area contributed by atoms with Gasteiger partial charge in [0.05, 0.1) is 6.20 Å². The summed E-state index contributed by atoms with van der Waals surface area (Å²) in [6.45, 7) is 3.10. The summed E-state index contributed by atoms with van der Waals surface area (Å²) in [6.07, 6.45) is 4.90. The minimum absolute atomic E-state index is 0.0774. The van der Waals surface area contributed by atoms with Gasteiger partial charge in [0.2, 0.25) is 0 Å². The summed E-state index contributed by atoms with van der Waals surface area (Å²) in [4.78, 5) is 28.8. The lowest BCUT2D eigenvalue weighted by atomic mass is 9.98. The maximum absolute atomic E-state index is 12.8. The minimum atomic E-state index is -3.52. The quantitative estimate of drug-likeness (QED) is 0.683. The lowest BCUT2D eigenvalue weighted by molar-refractivity contribution is 0.0782. The smallest absolute Gasteiger partial charge is 0.354 e. The minimum Gasteiger partial charge on any atom is -0.383 e. The summed E-state index contributed by atoms with van der Waals surface area (Å²) in [6, 6.07) is 1.12. The van der Waals surface area contributed by atoms with E-state index in [0.29, 0.717) is 29.1 Å². The van der Waals surface area contributed by atoms with E-state index in [4.69, 9.17) is 5.14 Å². The molecule has 154 valence electrons. The topological polar surface area (TPSA) is 135 Å². The number of carbonyl (C=O) groups is 2. The van der Waals surface area contributed by atoms with Crippen LogP contribution in [0.1, 0.15) is 58.7 Å². The first kappa shape index (κ1) is 20.1. The van der Waals surface area contributed by atoms with Gasteiger partial charge in [0, 0.05) is 17.7 Å². The number of aliphatic hydroxyl groups is 1. The number of urea groups is 1. The molecule has 4 rings (SSSR count). The highest BCUT2D eigenvalue weighted by Crippen LogP contribution is 2.38. The highest BCUT2D eigenvalue weighted by molar-refractivity contribution is 7.93. The molecule has 29 heavy (non-hydrogen) atoms. The average molecular weight is 435 g/mol. The molecule has 0 saturated heterocycles. The number of aryl methyl sites for hydroxylation is 1. The lowest BCUT2D eigenvalue weighted by Crippen LogP contribution is -2.18. The molecular formula is C19H22N4O4S2. The first-order valence-corrected chi connectivity index (χ1v) is 11.7. The van der Waals surface area contributed by atoms with Gasteiger partial charge in [-0.3, -0.25) is 4.79 Å². The lowest BCUT2D eigenvalue weighted by Gasteiger charge is -2.14. The molecule has 0 unspecified atom stereocenters. The van der Waals surface area contributed by atoms with Crippen LogP contribution in [0, 0.1) is 0 Å². The molecule has 4 N–H and O–H groups in total. The Morgan fingerprint density at radius 3 is 2.76 bits per heavy atom. The van der Waals surface area contributed by atoms with Crippen molar-refractivity contribution < 1.29 is 18.9 Å². The molecule has 0 radical (unpaired) electrons. The molecule has 0 spiro atoms. The van der Waals surface area contributed by atoms with Gasteiger partial charge in [-0.25, -0.2) is 19.1 Å². The van der Waals surface area contributed by atoms with Gasteiger partial charge in [0.15, 0.2) is 15.7 Å². The van der Waals surface area contributed by atoms with Gasteiger partial charge in [0.25, 0.3) is 0 Å². The van der Waals surface area contributed by atoms with Crippen molar-refractivity contribution in [2.24, 2.45) is 9.50 Å². The number of hydrogen-bond acceptors (Lipinski definition) is 6. The summed E-state index contributed by atoms with van der Waals surface area (Å²) >= 11 is 0.956. The van der Waals surface area contributed by atoms with Crippen molar-refractivity contribution in [1.82, 2.24) is 4.98 Å². The Morgan fingerprint density at radius 1 is 1.31 bits per heavy atom. The Bertz CT molecular complexity index is 1150. The fraction of sp³-hybridized carbons (Fsp3) is 0.421. The summed E-state index contributed by atoms with van der Waals surface area (Å²) in [5.41, 5.74) is 2.98. The van der Waals surface area contributed by atoms with E-state index >= 15 is 0 Å². The summed E-state index contributed by atoms with van der Waals surface area (Å²) in [7, 11) is -3.52. The van der Waals surface area contributed by atoms with Gasteiger partial charge in [-0.15, -0.1) is 15.7 Å². The van der Waals surface area contributed by atoms with Gasteiger partial charge in [-0.2, -0.15) is 0 Å². The first-order chi connectivity index (χ1) is 13.6. The number of nitrogens with two attached hydrogens (primary N) is 1. The van der Waals surface area contributed by atoms with E-state index in [1.807, 2.05) is 6.07 Å². The van der Waals surface area contributed by atoms with Gasteiger partial charge in [-0.1, -0.05) is 0 Å². The third kappa shape index (κ3) is 3.73. The number of anilines is 1. The Morgan fingerprint density at radius 2 is 2.07 bits per heavy atom. The molecule has 2 aliphatic carbocycles. The third-order valence-electron chi connectivity index (χ3n) is 5.16. The van der Waals surface area contributed by atoms with E-state index in [9.17, 15) is 18.9 Å². The molecule has 2 aromatic rings. The molecule has 10 heteroatoms. The van der Waals surface area contributed by atoms with Gasteiger partial charge < -0.3 is 10.4 Å². The number of fused-ring (bicyclic) bond motifs is 2. The number of amides is 2. The first-order valence-electron chi connectivity index (χ1n) is 9.31. The summed E-state index contributed by atoms with van der Waals surface area (Å²) in [5, 5.41) is 18.9. The second kappa shape index (κ2) is 6.98. The number of Topliss-reactive ketones (excluding diaryl/α,β-unsaturated/α-hetero) is 1. The van der Waals surface area contributed by atoms with Gasteiger partial charge in [0.1, 0.15) is 14.8 Å². The molecule has 1 atom stereocenters. The van der Waals surface area contributed by atoms with Crippen molar-refractivity contribution in [2.45, 2.75) is 55.8 Å². The maximum Gasteiger partial charge on any atom is 0.354 e. The van der Waals surface area contributed by atoms with Crippen LogP contribution in [-0.2, 0) is 34.8 Å². The van der Waals surface area contributed by atoms with Crippen LogP contribution in [0.4, 0.5) is 10.5 Å². The largest absolute Gasteiger partial charge is 0.383 e. The molecule has 1 heterocycles.